The molecule has 0 aliphatic heterocycles. The fraction of sp³-hybridized carbons (Fsp3) is 0.136. The smallest absolute Gasteiger partial charge is 0.105 e. The van der Waals surface area contributed by atoms with Crippen LogP contribution in [0.25, 0.3) is 0 Å². The van der Waals surface area contributed by atoms with Crippen molar-refractivity contribution in [1.82, 2.24) is 0 Å². The third-order valence-electron chi connectivity index (χ3n) is 4.24. The molecule has 2 heteroatoms. The number of rotatable bonds is 3. The van der Waals surface area contributed by atoms with Gasteiger partial charge in [-0.15, -0.1) is 0 Å². The Balaban J connectivity index is 0.00000144. The summed E-state index contributed by atoms with van der Waals surface area (Å²) in [4.78, 5) is 0. The largest absolute Gasteiger partial charge is 0.358 e. The summed E-state index contributed by atoms with van der Waals surface area (Å²) in [6.07, 6.45) is 0. The Hall–Kier alpha value is -1.25. The predicted octanol–water partition coefficient (Wildman–Crippen LogP) is 4.55. The molecule has 0 saturated heterocycles. The molecule has 0 nitrogen and oxygen atoms in total. The van der Waals surface area contributed by atoms with Gasteiger partial charge in [0.15, 0.2) is 0 Å². The molecule has 3 aromatic carbocycles. The van der Waals surface area contributed by atoms with E-state index in [1.54, 1.807) is 0 Å². The van der Waals surface area contributed by atoms with E-state index in [0.29, 0.717) is 0 Å². The Morgan fingerprint density at radius 2 is 0.750 bits per heavy atom. The first-order valence-corrected chi connectivity index (χ1v) is 9.23. The van der Waals surface area contributed by atoms with Gasteiger partial charge in [-0.3, -0.25) is 0 Å². The van der Waals surface area contributed by atoms with Crippen molar-refractivity contribution in [3.63, 3.8) is 0 Å². The standard InChI is InChI=1S/C21H21P.CH3.Pd/c1-16-10-4-7-13-19(16)22(20-14-8-5-11-17(20)2)21-15-9-6-12-18(21)3;;/h4-15H,1-3H3;1H3;/q;-1;/p+1. The summed E-state index contributed by atoms with van der Waals surface area (Å²) >= 11 is 0. The van der Waals surface area contributed by atoms with Crippen LogP contribution in [0.5, 0.6) is 0 Å². The van der Waals surface area contributed by atoms with Gasteiger partial charge in [-0.1, -0.05) is 54.6 Å². The van der Waals surface area contributed by atoms with Crippen molar-refractivity contribution in [2.75, 3.05) is 0 Å². The molecule has 0 aliphatic rings. The Labute approximate surface area is 161 Å². The number of hydrogen-bond acceptors (Lipinski definition) is 0. The zero-order valence-electron chi connectivity index (χ0n) is 14.7. The molecule has 0 aromatic heterocycles. The molecular weight excluding hydrogens is 402 g/mol. The molecule has 0 fully saturated rings. The van der Waals surface area contributed by atoms with E-state index in [2.05, 4.69) is 93.6 Å². The molecular formula is C22H25PPd. The summed E-state index contributed by atoms with van der Waals surface area (Å²) in [5.74, 6) is 0. The van der Waals surface area contributed by atoms with Gasteiger partial charge in [0.2, 0.25) is 0 Å². The fourth-order valence-electron chi connectivity index (χ4n) is 3.00. The summed E-state index contributed by atoms with van der Waals surface area (Å²) < 4.78 is 0. The summed E-state index contributed by atoms with van der Waals surface area (Å²) in [5.41, 5.74) is 4.17. The molecule has 0 amide bonds. The number of benzene rings is 3. The first kappa shape index (κ1) is 20.8. The fourth-order valence-corrected chi connectivity index (χ4v) is 6.09. The van der Waals surface area contributed by atoms with E-state index in [-0.39, 0.29) is 27.8 Å². The van der Waals surface area contributed by atoms with E-state index < -0.39 is 7.92 Å². The zero-order chi connectivity index (χ0) is 15.5. The van der Waals surface area contributed by atoms with Gasteiger partial charge >= 0.3 is 0 Å². The molecule has 3 aromatic rings. The third-order valence-corrected chi connectivity index (χ3v) is 7.54. The second-order valence-electron chi connectivity index (χ2n) is 5.82. The van der Waals surface area contributed by atoms with Crippen molar-refractivity contribution in [2.24, 2.45) is 0 Å². The van der Waals surface area contributed by atoms with E-state index in [1.807, 2.05) is 0 Å². The Kier molecular flexibility index (Phi) is 8.05. The van der Waals surface area contributed by atoms with Gasteiger partial charge in [-0.05, 0) is 55.7 Å². The van der Waals surface area contributed by atoms with Crippen LogP contribution in [-0.2, 0) is 20.4 Å². The minimum absolute atomic E-state index is 0. The monoisotopic (exact) mass is 426 g/mol. The molecule has 0 saturated carbocycles. The van der Waals surface area contributed by atoms with Crippen LogP contribution >= 0.6 is 7.92 Å². The van der Waals surface area contributed by atoms with Gasteiger partial charge in [0, 0.05) is 20.4 Å². The molecule has 0 bridgehead atoms. The van der Waals surface area contributed by atoms with Crippen LogP contribution in [0, 0.1) is 28.2 Å². The third kappa shape index (κ3) is 4.23. The van der Waals surface area contributed by atoms with Crippen molar-refractivity contribution in [1.29, 1.82) is 0 Å². The first-order chi connectivity index (χ1) is 10.7. The van der Waals surface area contributed by atoms with E-state index in [1.165, 1.54) is 32.6 Å². The summed E-state index contributed by atoms with van der Waals surface area (Å²) in [7, 11) is -0.968. The topological polar surface area (TPSA) is 0 Å². The maximum atomic E-state index is 2.31. The predicted molar refractivity (Wildman–Crippen MR) is 107 cm³/mol. The average molecular weight is 427 g/mol. The van der Waals surface area contributed by atoms with Gasteiger partial charge in [0.1, 0.15) is 15.9 Å². The summed E-state index contributed by atoms with van der Waals surface area (Å²) in [5, 5.41) is 4.49. The molecule has 0 atom stereocenters. The first-order valence-electron chi connectivity index (χ1n) is 7.73. The second kappa shape index (κ2) is 9.29. The minimum atomic E-state index is -0.968. The van der Waals surface area contributed by atoms with E-state index in [0.717, 1.165) is 0 Å². The van der Waals surface area contributed by atoms with Crippen LogP contribution in [0.2, 0.25) is 0 Å². The van der Waals surface area contributed by atoms with Crippen LogP contribution in [0.4, 0.5) is 0 Å². The molecule has 0 unspecified atom stereocenters. The number of hydrogen-bond donors (Lipinski definition) is 0. The SMILES string of the molecule is Cc1ccccc1[PH+](c1ccccc1C)c1ccccc1C.[CH3-].[Pd]. The van der Waals surface area contributed by atoms with E-state index in [4.69, 9.17) is 0 Å². The second-order valence-corrected chi connectivity index (χ2v) is 8.19. The molecule has 0 spiro atoms. The van der Waals surface area contributed by atoms with Gasteiger partial charge in [-0.25, -0.2) is 0 Å². The summed E-state index contributed by atoms with van der Waals surface area (Å²) in [6.45, 7) is 6.70. The van der Waals surface area contributed by atoms with Crippen LogP contribution in [0.1, 0.15) is 16.7 Å². The number of aryl methyl sites for hydroxylation is 3. The van der Waals surface area contributed by atoms with Crippen LogP contribution < -0.4 is 15.9 Å². The maximum absolute atomic E-state index is 2.31. The molecule has 3 rings (SSSR count). The quantitative estimate of drug-likeness (QED) is 0.327. The zero-order valence-corrected chi connectivity index (χ0v) is 17.3. The summed E-state index contributed by atoms with van der Waals surface area (Å²) in [6, 6.07) is 26.5. The Morgan fingerprint density at radius 3 is 1.00 bits per heavy atom. The molecule has 0 aliphatic carbocycles. The van der Waals surface area contributed by atoms with Crippen molar-refractivity contribution in [3.8, 4) is 0 Å². The Bertz CT molecular complexity index is 687. The van der Waals surface area contributed by atoms with Gasteiger partial charge in [0.05, 0.1) is 7.92 Å². The van der Waals surface area contributed by atoms with Crippen molar-refractivity contribution in [3.05, 3.63) is 96.9 Å². The van der Waals surface area contributed by atoms with Crippen molar-refractivity contribution >= 4 is 23.8 Å². The molecule has 0 N–H and O–H groups in total. The normalized spacial score (nSPS) is 10.0. The van der Waals surface area contributed by atoms with Gasteiger partial charge in [-0.2, -0.15) is 0 Å². The maximum Gasteiger partial charge on any atom is 0.105 e. The van der Waals surface area contributed by atoms with Crippen molar-refractivity contribution in [2.45, 2.75) is 20.8 Å². The van der Waals surface area contributed by atoms with Crippen LogP contribution in [-0.4, -0.2) is 0 Å². The van der Waals surface area contributed by atoms with Gasteiger partial charge in [0.25, 0.3) is 0 Å². The van der Waals surface area contributed by atoms with E-state index >= 15 is 0 Å². The molecule has 0 radical (unpaired) electrons. The average Bonchev–Trinajstić information content (AvgIpc) is 2.53. The molecule has 24 heavy (non-hydrogen) atoms. The molecule has 128 valence electrons. The van der Waals surface area contributed by atoms with Crippen LogP contribution in [0.15, 0.2) is 72.8 Å². The Morgan fingerprint density at radius 1 is 0.500 bits per heavy atom. The van der Waals surface area contributed by atoms with Gasteiger partial charge < -0.3 is 7.43 Å². The van der Waals surface area contributed by atoms with E-state index in [9.17, 15) is 0 Å². The van der Waals surface area contributed by atoms with Crippen molar-refractivity contribution < 1.29 is 20.4 Å². The van der Waals surface area contributed by atoms with Crippen LogP contribution in [0.3, 0.4) is 0 Å². The minimum Gasteiger partial charge on any atom is -0.358 e. The molecule has 0 heterocycles.